The third-order valence-electron chi connectivity index (χ3n) is 7.85. The molecule has 1 amide bonds. The number of aryl methyl sites for hydroxylation is 1. The number of alkyl halides is 6. The third-order valence-corrected chi connectivity index (χ3v) is 7.85. The van der Waals surface area contributed by atoms with E-state index in [0.717, 1.165) is 30.4 Å². The van der Waals surface area contributed by atoms with Gasteiger partial charge in [-0.3, -0.25) is 4.79 Å². The number of rotatable bonds is 6. The van der Waals surface area contributed by atoms with Gasteiger partial charge in [-0.2, -0.15) is 26.3 Å². The Morgan fingerprint density at radius 2 is 1.68 bits per heavy atom. The summed E-state index contributed by atoms with van der Waals surface area (Å²) >= 11 is 0. The third kappa shape index (κ3) is 5.73. The molecule has 0 aliphatic heterocycles. The molecule has 3 atom stereocenters. The van der Waals surface area contributed by atoms with Crippen LogP contribution in [-0.2, 0) is 30.1 Å². The molecule has 0 spiro atoms. The summed E-state index contributed by atoms with van der Waals surface area (Å²) in [5, 5.41) is 16.0. The zero-order valence-corrected chi connectivity index (χ0v) is 20.6. The Kier molecular flexibility index (Phi) is 7.27. The first-order valence-electron chi connectivity index (χ1n) is 12.3. The van der Waals surface area contributed by atoms with Crippen molar-refractivity contribution in [2.24, 2.45) is 11.3 Å². The molecule has 202 valence electrons. The first kappa shape index (κ1) is 27.3. The van der Waals surface area contributed by atoms with E-state index in [1.807, 2.05) is 19.9 Å². The molecule has 1 fully saturated rings. The predicted octanol–water partition coefficient (Wildman–Crippen LogP) is 6.52. The number of hydrogen-bond acceptors (Lipinski definition) is 3. The number of benzene rings is 2. The van der Waals surface area contributed by atoms with Crippen LogP contribution in [0.5, 0.6) is 5.75 Å². The standard InChI is InChI=1S/C27H30F6N2O2/c1-15(2)25(8-7-20(13-25)35-23-6-3-17-11-21(36)4-5-22(17)23)24(37)34-14-16-9-18(26(28,29)30)12-19(10-16)27(31,32)33/h4-5,9-12,15,20,23,35-36H,3,6-8,13-14H2,1-2H3,(H,34,37)/t20-,23?,25+/m1/s1. The molecule has 0 bridgehead atoms. The molecule has 0 aromatic heterocycles. The van der Waals surface area contributed by atoms with Crippen molar-refractivity contribution in [2.45, 2.75) is 76.9 Å². The maximum Gasteiger partial charge on any atom is 0.416 e. The molecular formula is C27H30F6N2O2. The predicted molar refractivity (Wildman–Crippen MR) is 126 cm³/mol. The van der Waals surface area contributed by atoms with Crippen molar-refractivity contribution in [3.05, 3.63) is 64.2 Å². The van der Waals surface area contributed by atoms with Gasteiger partial charge in [0.25, 0.3) is 0 Å². The zero-order chi connectivity index (χ0) is 27.2. The normalized spacial score (nSPS) is 23.9. The first-order valence-corrected chi connectivity index (χ1v) is 12.3. The van der Waals surface area contributed by atoms with Crippen molar-refractivity contribution >= 4 is 5.91 Å². The van der Waals surface area contributed by atoms with E-state index in [9.17, 15) is 36.2 Å². The summed E-state index contributed by atoms with van der Waals surface area (Å²) in [6.07, 6.45) is -6.40. The molecule has 2 aromatic carbocycles. The second-order valence-corrected chi connectivity index (χ2v) is 10.5. The van der Waals surface area contributed by atoms with Gasteiger partial charge >= 0.3 is 12.4 Å². The number of amides is 1. The van der Waals surface area contributed by atoms with Crippen LogP contribution in [0.15, 0.2) is 36.4 Å². The molecule has 4 rings (SSSR count). The van der Waals surface area contributed by atoms with Gasteiger partial charge in [0.2, 0.25) is 5.91 Å². The lowest BCUT2D eigenvalue weighted by Crippen LogP contribution is -2.44. The monoisotopic (exact) mass is 528 g/mol. The van der Waals surface area contributed by atoms with Crippen molar-refractivity contribution in [3.8, 4) is 5.75 Å². The summed E-state index contributed by atoms with van der Waals surface area (Å²) in [6, 6.07) is 6.80. The van der Waals surface area contributed by atoms with Crippen molar-refractivity contribution in [2.75, 3.05) is 0 Å². The summed E-state index contributed by atoms with van der Waals surface area (Å²) in [7, 11) is 0. The van der Waals surface area contributed by atoms with Crippen molar-refractivity contribution in [1.82, 2.24) is 10.6 Å². The molecule has 2 aliphatic rings. The second-order valence-electron chi connectivity index (χ2n) is 10.5. The Labute approximate surface area is 211 Å². The highest BCUT2D eigenvalue weighted by molar-refractivity contribution is 5.83. The van der Waals surface area contributed by atoms with Crippen LogP contribution in [0, 0.1) is 11.3 Å². The number of aromatic hydroxyl groups is 1. The number of hydrogen-bond donors (Lipinski definition) is 3. The topological polar surface area (TPSA) is 61.4 Å². The van der Waals surface area contributed by atoms with Crippen molar-refractivity contribution in [1.29, 1.82) is 0 Å². The zero-order valence-electron chi connectivity index (χ0n) is 20.6. The minimum atomic E-state index is -4.94. The fourth-order valence-corrected chi connectivity index (χ4v) is 5.75. The second kappa shape index (κ2) is 9.85. The minimum absolute atomic E-state index is 0.0308. The number of nitrogens with one attached hydrogen (secondary N) is 2. The number of phenols is 1. The van der Waals surface area contributed by atoms with E-state index in [4.69, 9.17) is 0 Å². The fourth-order valence-electron chi connectivity index (χ4n) is 5.75. The van der Waals surface area contributed by atoms with Gasteiger partial charge in [0.05, 0.1) is 16.5 Å². The van der Waals surface area contributed by atoms with Gasteiger partial charge in [0.15, 0.2) is 0 Å². The number of halogens is 6. The summed E-state index contributed by atoms with van der Waals surface area (Å²) in [6.45, 7) is 3.38. The Balaban J connectivity index is 1.46. The number of carbonyl (C=O) groups excluding carboxylic acids is 1. The van der Waals surface area contributed by atoms with Crippen LogP contribution < -0.4 is 10.6 Å². The van der Waals surface area contributed by atoms with Gasteiger partial charge in [-0.1, -0.05) is 19.9 Å². The van der Waals surface area contributed by atoms with Crippen LogP contribution in [0.3, 0.4) is 0 Å². The van der Waals surface area contributed by atoms with Gasteiger partial charge in [0.1, 0.15) is 5.75 Å². The van der Waals surface area contributed by atoms with E-state index < -0.39 is 35.4 Å². The fraction of sp³-hybridized carbons (Fsp3) is 0.519. The lowest BCUT2D eigenvalue weighted by atomic mass is 9.74. The van der Waals surface area contributed by atoms with Gasteiger partial charge in [-0.05, 0) is 85.0 Å². The van der Waals surface area contributed by atoms with E-state index in [0.29, 0.717) is 25.0 Å². The van der Waals surface area contributed by atoms with Gasteiger partial charge in [-0.25, -0.2) is 0 Å². The van der Waals surface area contributed by atoms with E-state index in [1.165, 1.54) is 0 Å². The van der Waals surface area contributed by atoms with Gasteiger partial charge in [0, 0.05) is 18.6 Å². The minimum Gasteiger partial charge on any atom is -0.508 e. The highest BCUT2D eigenvalue weighted by Crippen LogP contribution is 2.46. The molecule has 1 saturated carbocycles. The smallest absolute Gasteiger partial charge is 0.416 e. The highest BCUT2D eigenvalue weighted by atomic mass is 19.4. The molecule has 37 heavy (non-hydrogen) atoms. The lowest BCUT2D eigenvalue weighted by molar-refractivity contribution is -0.143. The average Bonchev–Trinajstić information content (AvgIpc) is 3.41. The van der Waals surface area contributed by atoms with Crippen LogP contribution in [-0.4, -0.2) is 17.1 Å². The molecule has 0 radical (unpaired) electrons. The van der Waals surface area contributed by atoms with Crippen LogP contribution in [0.4, 0.5) is 26.3 Å². The summed E-state index contributed by atoms with van der Waals surface area (Å²) in [5.41, 5.74) is -1.64. The molecule has 2 aliphatic carbocycles. The molecule has 1 unspecified atom stereocenters. The van der Waals surface area contributed by atoms with Crippen LogP contribution in [0.2, 0.25) is 0 Å². The van der Waals surface area contributed by atoms with Crippen molar-refractivity contribution in [3.63, 3.8) is 0 Å². The summed E-state index contributed by atoms with van der Waals surface area (Å²) < 4.78 is 79.2. The number of carbonyl (C=O) groups is 1. The Morgan fingerprint density at radius 1 is 1.03 bits per heavy atom. The summed E-state index contributed by atoms with van der Waals surface area (Å²) in [5.74, 6) is -0.229. The van der Waals surface area contributed by atoms with E-state index in [-0.39, 0.29) is 41.3 Å². The van der Waals surface area contributed by atoms with Crippen LogP contribution in [0.25, 0.3) is 0 Å². The average molecular weight is 529 g/mol. The molecule has 0 saturated heterocycles. The van der Waals surface area contributed by atoms with Crippen LogP contribution >= 0.6 is 0 Å². The van der Waals surface area contributed by atoms with E-state index >= 15 is 0 Å². The number of fused-ring (bicyclic) bond motifs is 1. The van der Waals surface area contributed by atoms with E-state index in [1.54, 1.807) is 12.1 Å². The maximum atomic E-state index is 13.4. The molecule has 0 heterocycles. The Morgan fingerprint density at radius 3 is 2.27 bits per heavy atom. The molecular weight excluding hydrogens is 498 g/mol. The summed E-state index contributed by atoms with van der Waals surface area (Å²) in [4.78, 5) is 13.4. The molecule has 10 heteroatoms. The lowest BCUT2D eigenvalue weighted by Gasteiger charge is -2.33. The molecule has 2 aromatic rings. The highest BCUT2D eigenvalue weighted by Gasteiger charge is 2.48. The molecule has 3 N–H and O–H groups in total. The van der Waals surface area contributed by atoms with E-state index in [2.05, 4.69) is 10.6 Å². The van der Waals surface area contributed by atoms with Crippen molar-refractivity contribution < 1.29 is 36.2 Å². The van der Waals surface area contributed by atoms with Gasteiger partial charge in [-0.15, -0.1) is 0 Å². The Hall–Kier alpha value is -2.75. The quantitative estimate of drug-likeness (QED) is 0.374. The van der Waals surface area contributed by atoms with Crippen LogP contribution in [0.1, 0.15) is 73.4 Å². The SMILES string of the molecule is CC(C)[C@]1(C(=O)NCc2cc(C(F)(F)F)cc(C(F)(F)F)c2)CC[C@@H](NC2CCc3cc(O)ccc32)C1. The van der Waals surface area contributed by atoms with Gasteiger partial charge < -0.3 is 15.7 Å². The maximum absolute atomic E-state index is 13.4. The number of phenolic OH excluding ortho intramolecular Hbond substituents is 1. The largest absolute Gasteiger partial charge is 0.508 e. The first-order chi connectivity index (χ1) is 17.2. The Bertz CT molecular complexity index is 1130. The molecule has 4 nitrogen and oxygen atoms in total.